The molecule has 0 unspecified atom stereocenters. The normalized spacial score (nSPS) is 26.3. The van der Waals surface area contributed by atoms with Crippen LogP contribution in [0.5, 0.6) is 5.75 Å². The minimum absolute atomic E-state index is 0.100. The molecule has 1 aromatic carbocycles. The maximum atomic E-state index is 15.2. The number of aromatic hydroxyl groups is 1. The summed E-state index contributed by atoms with van der Waals surface area (Å²) in [4.78, 5) is 44.9. The molecule has 0 amide bonds. The van der Waals surface area contributed by atoms with E-state index in [-0.39, 0.29) is 53.8 Å². The van der Waals surface area contributed by atoms with E-state index >= 15 is 4.79 Å². The van der Waals surface area contributed by atoms with Crippen LogP contribution in [-0.4, -0.2) is 27.6 Å². The average Bonchev–Trinajstić information content (AvgIpc) is 2.90. The topological polar surface area (TPSA) is 91.7 Å². The number of aliphatic hydroxyl groups is 1. The van der Waals surface area contributed by atoms with Crippen LogP contribution in [0.2, 0.25) is 0 Å². The molecule has 3 rings (SSSR count). The van der Waals surface area contributed by atoms with Crippen molar-refractivity contribution < 1.29 is 24.6 Å². The summed E-state index contributed by atoms with van der Waals surface area (Å²) < 4.78 is 0. The summed E-state index contributed by atoms with van der Waals surface area (Å²) in [5, 5.41) is 21.8. The molecule has 0 aromatic heterocycles. The molecule has 0 radical (unpaired) electrons. The molecule has 0 heterocycles. The highest BCUT2D eigenvalue weighted by Gasteiger charge is 2.74. The smallest absolute Gasteiger partial charge is 0.184 e. The van der Waals surface area contributed by atoms with Crippen molar-refractivity contribution in [1.29, 1.82) is 0 Å². The van der Waals surface area contributed by atoms with E-state index in [1.807, 2.05) is 68.4 Å². The van der Waals surface area contributed by atoms with Gasteiger partial charge in [-0.3, -0.25) is 14.4 Å². The number of fused-ring (bicyclic) bond motifs is 2. The molecule has 5 nitrogen and oxygen atoms in total. The highest BCUT2D eigenvalue weighted by molar-refractivity contribution is 6.41. The number of hydrogen-bond donors (Lipinski definition) is 2. The molecule has 2 saturated carbocycles. The molecule has 2 fully saturated rings. The number of allylic oxidation sites excluding steroid dienone is 8. The first-order valence-electron chi connectivity index (χ1n) is 15.3. The lowest BCUT2D eigenvalue weighted by atomic mass is 9.38. The monoisotopic (exact) mass is 586 g/mol. The van der Waals surface area contributed by atoms with Crippen LogP contribution in [0.4, 0.5) is 0 Å². The van der Waals surface area contributed by atoms with E-state index in [0.29, 0.717) is 12.8 Å². The summed E-state index contributed by atoms with van der Waals surface area (Å²) in [5.41, 5.74) is 0.0240. The van der Waals surface area contributed by atoms with Gasteiger partial charge in [0.1, 0.15) is 22.5 Å². The molecule has 5 heteroatoms. The zero-order valence-corrected chi connectivity index (χ0v) is 27.6. The van der Waals surface area contributed by atoms with E-state index in [1.54, 1.807) is 12.1 Å². The molecule has 43 heavy (non-hydrogen) atoms. The summed E-state index contributed by atoms with van der Waals surface area (Å²) in [6.45, 7) is 22.1. The van der Waals surface area contributed by atoms with Gasteiger partial charge in [0.2, 0.25) is 0 Å². The minimum atomic E-state index is -1.56. The fourth-order valence-corrected chi connectivity index (χ4v) is 7.07. The van der Waals surface area contributed by atoms with Gasteiger partial charge in [-0.1, -0.05) is 73.1 Å². The fraction of sp³-hybridized carbons (Fsp3) is 0.500. The van der Waals surface area contributed by atoms with Crippen molar-refractivity contribution in [3.63, 3.8) is 0 Å². The number of hydrogen-bond acceptors (Lipinski definition) is 5. The van der Waals surface area contributed by atoms with Gasteiger partial charge in [0.05, 0.1) is 5.41 Å². The van der Waals surface area contributed by atoms with Crippen LogP contribution in [-0.2, 0) is 14.4 Å². The summed E-state index contributed by atoms with van der Waals surface area (Å²) in [6.07, 6.45) is 8.04. The molecule has 1 aromatic rings. The van der Waals surface area contributed by atoms with Crippen LogP contribution in [0, 0.1) is 28.1 Å². The Morgan fingerprint density at radius 1 is 0.953 bits per heavy atom. The Bertz CT molecular complexity index is 1440. The van der Waals surface area contributed by atoms with E-state index in [9.17, 15) is 19.8 Å². The number of rotatable bonds is 10. The SMILES string of the molecule is C=C(C)[C@@H](CC=C(C)C)C[C@@]12C[C@@H](CC=C(C)C)C(C)(C)[C@@](CC=C(C)C)(C(=O)/C(=C(/O)c3cccc(O)c3)C1=O)C2=O. The Morgan fingerprint density at radius 3 is 2.09 bits per heavy atom. The van der Waals surface area contributed by atoms with E-state index in [1.165, 1.54) is 12.1 Å². The number of benzene rings is 1. The largest absolute Gasteiger partial charge is 0.508 e. The van der Waals surface area contributed by atoms with Crippen molar-refractivity contribution in [3.8, 4) is 5.75 Å². The van der Waals surface area contributed by atoms with Gasteiger partial charge < -0.3 is 10.2 Å². The van der Waals surface area contributed by atoms with Crippen LogP contribution in [0.25, 0.3) is 5.76 Å². The fourth-order valence-electron chi connectivity index (χ4n) is 7.07. The van der Waals surface area contributed by atoms with Gasteiger partial charge in [-0.15, -0.1) is 0 Å². The molecule has 4 atom stereocenters. The summed E-state index contributed by atoms with van der Waals surface area (Å²) in [7, 11) is 0. The maximum absolute atomic E-state index is 15.2. The van der Waals surface area contributed by atoms with Gasteiger partial charge in [-0.25, -0.2) is 0 Å². The number of Topliss-reactive ketones (excluding diaryl/α,β-unsaturated/α-hetero) is 3. The predicted octanol–water partition coefficient (Wildman–Crippen LogP) is 9.05. The highest BCUT2D eigenvalue weighted by atomic mass is 16.3. The Balaban J connectivity index is 2.46. The molecule has 0 aliphatic heterocycles. The van der Waals surface area contributed by atoms with Gasteiger partial charge in [0.25, 0.3) is 0 Å². The Kier molecular flexibility index (Phi) is 10.0. The average molecular weight is 587 g/mol. The Hall–Kier alpha value is -3.47. The summed E-state index contributed by atoms with van der Waals surface area (Å²) >= 11 is 0. The van der Waals surface area contributed by atoms with Crippen molar-refractivity contribution in [2.24, 2.45) is 28.1 Å². The van der Waals surface area contributed by atoms with Gasteiger partial charge >= 0.3 is 0 Å². The third kappa shape index (κ3) is 6.14. The third-order valence-corrected chi connectivity index (χ3v) is 9.90. The van der Waals surface area contributed by atoms with Crippen LogP contribution < -0.4 is 0 Å². The molecule has 2 N–H and O–H groups in total. The first kappa shape index (κ1) is 34.0. The van der Waals surface area contributed by atoms with Crippen LogP contribution in [0.3, 0.4) is 0 Å². The Morgan fingerprint density at radius 2 is 1.56 bits per heavy atom. The minimum Gasteiger partial charge on any atom is -0.508 e. The molecular weight excluding hydrogens is 536 g/mol. The number of carbonyl (C=O) groups excluding carboxylic acids is 3. The maximum Gasteiger partial charge on any atom is 0.184 e. The number of carbonyl (C=O) groups is 3. The van der Waals surface area contributed by atoms with Gasteiger partial charge in [0.15, 0.2) is 17.3 Å². The van der Waals surface area contributed by atoms with Crippen LogP contribution in [0.1, 0.15) is 100.0 Å². The van der Waals surface area contributed by atoms with E-state index in [2.05, 4.69) is 18.7 Å². The zero-order chi connectivity index (χ0) is 32.5. The molecule has 0 spiro atoms. The second-order valence-corrected chi connectivity index (χ2v) is 14.1. The zero-order valence-electron chi connectivity index (χ0n) is 27.6. The van der Waals surface area contributed by atoms with Crippen molar-refractivity contribution in [3.05, 3.63) is 82.5 Å². The molecule has 2 aliphatic rings. The second-order valence-electron chi connectivity index (χ2n) is 14.1. The highest BCUT2D eigenvalue weighted by Crippen LogP contribution is 2.66. The third-order valence-electron chi connectivity index (χ3n) is 9.90. The number of ketones is 3. The molecule has 0 saturated heterocycles. The van der Waals surface area contributed by atoms with Crippen LogP contribution >= 0.6 is 0 Å². The number of aliphatic hydroxyl groups excluding tert-OH is 1. The summed E-state index contributed by atoms with van der Waals surface area (Å²) in [6, 6.07) is 5.90. The van der Waals surface area contributed by atoms with Crippen LogP contribution in [0.15, 0.2) is 76.9 Å². The second kappa shape index (κ2) is 12.6. The molecule has 232 valence electrons. The lowest BCUT2D eigenvalue weighted by molar-refractivity contribution is -0.177. The predicted molar refractivity (Wildman–Crippen MR) is 174 cm³/mol. The Labute approximate surface area is 258 Å². The van der Waals surface area contributed by atoms with Crippen molar-refractivity contribution >= 4 is 23.1 Å². The van der Waals surface area contributed by atoms with Crippen molar-refractivity contribution in [2.75, 3.05) is 0 Å². The first-order chi connectivity index (χ1) is 19.9. The standard InChI is InChI=1S/C38H50O5/c1-23(2)14-16-28(26(7)8)21-37-22-29(17-15-24(3)4)36(9,10)38(35(37)43,19-18-25(5)6)34(42)31(33(37)41)32(40)27-12-11-13-30(39)20-27/h11-15,18,20,28-29,39-40H,7,16-17,19,21-22H2,1-6,8-10H3/b32-31+/t28-,29+,37+,38-/m0/s1. The van der Waals surface area contributed by atoms with Crippen molar-refractivity contribution in [2.45, 2.75) is 94.4 Å². The number of phenols is 1. The van der Waals surface area contributed by atoms with Gasteiger partial charge in [-0.05, 0) is 110 Å². The van der Waals surface area contributed by atoms with E-state index < -0.39 is 33.6 Å². The van der Waals surface area contributed by atoms with Crippen molar-refractivity contribution in [1.82, 2.24) is 0 Å². The van der Waals surface area contributed by atoms with E-state index in [4.69, 9.17) is 0 Å². The lowest BCUT2D eigenvalue weighted by Crippen LogP contribution is -2.69. The van der Waals surface area contributed by atoms with Gasteiger partial charge in [-0.2, -0.15) is 0 Å². The molecule has 2 aliphatic carbocycles. The van der Waals surface area contributed by atoms with Gasteiger partial charge in [0, 0.05) is 5.56 Å². The quantitative estimate of drug-likeness (QED) is 0.0938. The first-order valence-corrected chi connectivity index (χ1v) is 15.3. The molecule has 2 bridgehead atoms. The van der Waals surface area contributed by atoms with E-state index in [0.717, 1.165) is 22.3 Å². The summed E-state index contributed by atoms with van der Waals surface area (Å²) in [5.74, 6) is -2.47. The lowest BCUT2D eigenvalue weighted by Gasteiger charge is -2.60. The number of phenolic OH excluding ortho intramolecular Hbond substituents is 1. The molecular formula is C38H50O5.